The third-order valence-electron chi connectivity index (χ3n) is 21.1. The third kappa shape index (κ3) is 11.9. The summed E-state index contributed by atoms with van der Waals surface area (Å²) in [5.41, 5.74) is 17.7. The van der Waals surface area contributed by atoms with E-state index in [9.17, 15) is 16.4 Å². The van der Waals surface area contributed by atoms with Crippen molar-refractivity contribution in [3.8, 4) is 55.9 Å². The molecule has 0 aliphatic carbocycles. The van der Waals surface area contributed by atoms with Crippen molar-refractivity contribution >= 4 is 101 Å². The molecule has 0 saturated heterocycles. The van der Waals surface area contributed by atoms with E-state index in [-0.39, 0.29) is 59.2 Å². The molecule has 0 unspecified atom stereocenters. The van der Waals surface area contributed by atoms with Crippen LogP contribution in [-0.4, -0.2) is 15.8 Å². The minimum atomic E-state index is -1.91. The smallest absolute Gasteiger partial charge is 0.252 e. The first-order valence-electron chi connectivity index (χ1n) is 42.9. The van der Waals surface area contributed by atoms with Crippen LogP contribution in [0.3, 0.4) is 0 Å². The highest BCUT2D eigenvalue weighted by Crippen LogP contribution is 2.54. The molecule has 0 amide bonds. The molecule has 5 heteroatoms. The highest BCUT2D eigenvalue weighted by atomic mass is 15.2. The van der Waals surface area contributed by atoms with Gasteiger partial charge in [-0.3, -0.25) is 0 Å². The number of benzene rings is 13. The van der Waals surface area contributed by atoms with Crippen LogP contribution < -0.4 is 26.2 Å². The Labute approximate surface area is 639 Å². The average Bonchev–Trinajstić information content (AvgIpc) is 1.26. The van der Waals surface area contributed by atoms with Crippen LogP contribution in [0.25, 0.3) is 99.5 Å². The number of para-hydroxylation sites is 2. The number of rotatable bonds is 10. The molecule has 2 aliphatic heterocycles. The summed E-state index contributed by atoms with van der Waals surface area (Å²) in [5, 5.41) is 2.18. The van der Waals surface area contributed by atoms with Crippen molar-refractivity contribution in [2.75, 3.05) is 9.80 Å². The van der Waals surface area contributed by atoms with Crippen LogP contribution in [-0.2, 0) is 29.0 Å². The molecule has 0 fully saturated rings. The van der Waals surface area contributed by atoms with Gasteiger partial charge in [0, 0.05) is 72.3 Å². The minimum Gasteiger partial charge on any atom is -0.311 e. The van der Waals surface area contributed by atoms with E-state index in [1.807, 2.05) is 160 Å². The standard InChI is InChI=1S/C100H95BN4/c1-96(2,3)62-68-52-79(66-36-24-18-25-37-66)89(60-77(68)64-32-20-16-21-33-64)104-91-58-73(102-85-42-30-28-40-75(85)81-54-70(98(7,8)9)44-50-87(81)102)46-48-83(91)101-84-49-47-74(103-86-43-31-29-41-76(86)82-55-71(99(10,11)12)45-51-88(82)103)59-92(84)105(94-57-72(100(13,14)15)56-93(104)95(94)101)90-61-78(65-34-22-17-23-35-65)69(63-97(4,5)6)53-80(90)67-38-26-19-27-39-67/h16-61H,62-63H2,1-15H3/i28D,29D,30D,31D,40D,41D,42D,43D,62D2,63D2. The first-order valence-corrected chi connectivity index (χ1v) is 36.9. The molecular formula is C100H95BN4. The van der Waals surface area contributed by atoms with Crippen LogP contribution >= 0.6 is 0 Å². The van der Waals surface area contributed by atoms with Crippen molar-refractivity contribution < 1.29 is 16.4 Å². The van der Waals surface area contributed by atoms with Gasteiger partial charge >= 0.3 is 0 Å². The van der Waals surface area contributed by atoms with Gasteiger partial charge in [-0.05, 0) is 214 Å². The van der Waals surface area contributed by atoms with E-state index >= 15 is 0 Å². The Hall–Kier alpha value is -10.9. The highest BCUT2D eigenvalue weighted by Gasteiger charge is 2.46. The molecule has 0 atom stereocenters. The Bertz CT molecular complexity index is 6240. The molecule has 0 bridgehead atoms. The van der Waals surface area contributed by atoms with E-state index in [4.69, 9.17) is 0 Å². The Balaban J connectivity index is 1.09. The van der Waals surface area contributed by atoms with Crippen LogP contribution in [0.4, 0.5) is 34.1 Å². The van der Waals surface area contributed by atoms with Gasteiger partial charge in [0.1, 0.15) is 0 Å². The lowest BCUT2D eigenvalue weighted by Crippen LogP contribution is -2.61. The van der Waals surface area contributed by atoms with Crippen LogP contribution in [0.15, 0.2) is 279 Å². The largest absolute Gasteiger partial charge is 0.311 e. The Morgan fingerprint density at radius 3 is 1.01 bits per heavy atom. The predicted octanol–water partition coefficient (Wildman–Crippen LogP) is 25.7. The fourth-order valence-corrected chi connectivity index (χ4v) is 16.1. The third-order valence-corrected chi connectivity index (χ3v) is 21.1. The van der Waals surface area contributed by atoms with E-state index in [0.29, 0.717) is 77.2 Å². The van der Waals surface area contributed by atoms with E-state index in [2.05, 4.69) is 193 Å². The van der Waals surface area contributed by atoms with Gasteiger partial charge in [-0.25, -0.2) is 0 Å². The van der Waals surface area contributed by atoms with Gasteiger partial charge in [0.2, 0.25) is 0 Å². The Morgan fingerprint density at radius 2 is 0.657 bits per heavy atom. The molecule has 15 aromatic rings. The number of anilines is 6. The second-order valence-electron chi connectivity index (χ2n) is 33.9. The summed E-state index contributed by atoms with van der Waals surface area (Å²) >= 11 is 0. The quantitative estimate of drug-likeness (QED) is 0.127. The first-order chi connectivity index (χ1) is 55.1. The summed E-state index contributed by atoms with van der Waals surface area (Å²) in [4.78, 5) is 4.75. The molecule has 0 spiro atoms. The number of hydrogen-bond acceptors (Lipinski definition) is 2. The second kappa shape index (κ2) is 24.9. The summed E-state index contributed by atoms with van der Waals surface area (Å²) < 4.78 is 122. The maximum atomic E-state index is 10.4. The molecule has 105 heavy (non-hydrogen) atoms. The van der Waals surface area contributed by atoms with Crippen molar-refractivity contribution in [2.24, 2.45) is 10.8 Å². The molecule has 0 radical (unpaired) electrons. The Kier molecular flexibility index (Phi) is 13.0. The predicted molar refractivity (Wildman–Crippen MR) is 453 cm³/mol. The van der Waals surface area contributed by atoms with Crippen molar-refractivity contribution in [1.82, 2.24) is 9.13 Å². The van der Waals surface area contributed by atoms with Crippen molar-refractivity contribution in [3.63, 3.8) is 0 Å². The normalized spacial score (nSPS) is 15.2. The molecule has 2 aliphatic rings. The molecule has 2 aromatic heterocycles. The average molecular weight is 1380 g/mol. The van der Waals surface area contributed by atoms with Crippen LogP contribution in [0, 0.1) is 10.8 Å². The second-order valence-corrected chi connectivity index (χ2v) is 33.9. The van der Waals surface area contributed by atoms with E-state index in [1.165, 1.54) is 0 Å². The number of aromatic nitrogens is 2. The zero-order chi connectivity index (χ0) is 83.4. The monoisotopic (exact) mass is 1370 g/mol. The maximum absolute atomic E-state index is 10.4. The molecule has 0 N–H and O–H groups in total. The van der Waals surface area contributed by atoms with Gasteiger partial charge in [-0.2, -0.15) is 0 Å². The lowest BCUT2D eigenvalue weighted by atomic mass is 9.33. The number of hydrogen-bond donors (Lipinski definition) is 0. The van der Waals surface area contributed by atoms with E-state index < -0.39 is 35.7 Å². The first kappa shape index (κ1) is 54.7. The molecule has 0 saturated carbocycles. The van der Waals surface area contributed by atoms with Gasteiger partial charge in [0.25, 0.3) is 6.71 Å². The summed E-state index contributed by atoms with van der Waals surface area (Å²) in [6.45, 7) is 30.6. The number of nitrogens with zero attached hydrogens (tertiary/aromatic N) is 4. The number of fused-ring (bicyclic) bond motifs is 10. The zero-order valence-electron chi connectivity index (χ0n) is 74.8. The summed E-state index contributed by atoms with van der Waals surface area (Å²) in [7, 11) is 0. The van der Waals surface area contributed by atoms with Gasteiger partial charge in [-0.15, -0.1) is 0 Å². The fourth-order valence-electron chi connectivity index (χ4n) is 16.1. The van der Waals surface area contributed by atoms with Crippen LogP contribution in [0.5, 0.6) is 0 Å². The van der Waals surface area contributed by atoms with E-state index in [1.54, 1.807) is 0 Å². The molecule has 518 valence electrons. The fraction of sp³-hybridized carbons (Fsp3) is 0.220. The maximum Gasteiger partial charge on any atom is 0.252 e. The topological polar surface area (TPSA) is 16.3 Å². The van der Waals surface area contributed by atoms with Gasteiger partial charge in [0.15, 0.2) is 0 Å². The SMILES string of the molecule is [2H]c1c([2H])c([2H])c2c(c1[2H])c1cc(C(C)(C)C)ccc1n2-c1ccc2c(c1)N(c1cc(-c3ccccc3)c(C([2H])([2H])C(C)(C)C)cc1-c1ccccc1)c1cc(C(C)(C)C)cc3c1B2c1ccc(-n2c4ccc(C(C)(C)C)cc4c4c([2H])c([2H])c([2H])c([2H])c42)cc1N3c1cc(-c2ccccc2)c(C([2H])([2H])C(C)(C)C)cc1-c1ccccc1. The Morgan fingerprint density at radius 1 is 0.305 bits per heavy atom. The summed E-state index contributed by atoms with van der Waals surface area (Å²) in [6, 6.07) is 77.0. The molecule has 4 heterocycles. The zero-order valence-corrected chi connectivity index (χ0v) is 62.8. The van der Waals surface area contributed by atoms with Crippen molar-refractivity contribution in [2.45, 2.75) is 133 Å². The molecule has 17 rings (SSSR count). The van der Waals surface area contributed by atoms with Gasteiger partial charge in [0.05, 0.1) is 44.4 Å². The molecule has 13 aromatic carbocycles. The lowest BCUT2D eigenvalue weighted by Gasteiger charge is -2.46. The van der Waals surface area contributed by atoms with E-state index in [0.717, 1.165) is 101 Å². The summed E-state index contributed by atoms with van der Waals surface area (Å²) in [6.07, 6.45) is -3.83. The van der Waals surface area contributed by atoms with Crippen LogP contribution in [0.1, 0.15) is 148 Å². The molecule has 4 nitrogen and oxygen atoms in total. The molecular weight excluding hydrogens is 1270 g/mol. The van der Waals surface area contributed by atoms with Crippen molar-refractivity contribution in [3.05, 3.63) is 307 Å². The summed E-state index contributed by atoms with van der Waals surface area (Å²) in [5.74, 6) is 0. The highest BCUT2D eigenvalue weighted by molar-refractivity contribution is 7.00. The lowest BCUT2D eigenvalue weighted by molar-refractivity contribution is 0.411. The van der Waals surface area contributed by atoms with Crippen molar-refractivity contribution in [1.29, 1.82) is 0 Å². The minimum absolute atomic E-state index is 0.139. The van der Waals surface area contributed by atoms with Gasteiger partial charge < -0.3 is 18.9 Å². The van der Waals surface area contributed by atoms with Crippen LogP contribution in [0.2, 0.25) is 0 Å². The van der Waals surface area contributed by atoms with Gasteiger partial charge in [-0.1, -0.05) is 286 Å².